The van der Waals surface area contributed by atoms with Crippen molar-refractivity contribution in [3.63, 3.8) is 0 Å². The molecule has 120 valence electrons. The van der Waals surface area contributed by atoms with Crippen molar-refractivity contribution in [1.29, 1.82) is 0 Å². The lowest BCUT2D eigenvalue weighted by molar-refractivity contribution is 0.481. The average Bonchev–Trinajstić information content (AvgIpc) is 2.48. The summed E-state index contributed by atoms with van der Waals surface area (Å²) in [7, 11) is 0. The highest BCUT2D eigenvalue weighted by Gasteiger charge is 2.20. The molecule has 0 aliphatic carbocycles. The maximum Gasteiger partial charge on any atom is 0.130 e. The largest absolute Gasteiger partial charge is 0.371 e. The first kappa shape index (κ1) is 18.0. The summed E-state index contributed by atoms with van der Waals surface area (Å²) in [6.07, 6.45) is 2.33. The van der Waals surface area contributed by atoms with E-state index in [4.69, 9.17) is 0 Å². The summed E-state index contributed by atoms with van der Waals surface area (Å²) in [5.74, 6) is 0.555. The Morgan fingerprint density at radius 3 is 2.33 bits per heavy atom. The predicted octanol–water partition coefficient (Wildman–Crippen LogP) is 4.76. The second-order valence-electron chi connectivity index (χ2n) is 5.67. The smallest absolute Gasteiger partial charge is 0.130 e. The molecule has 1 N–H and O–H groups in total. The van der Waals surface area contributed by atoms with Gasteiger partial charge in [0.15, 0.2) is 0 Å². The van der Waals surface area contributed by atoms with Crippen LogP contribution in [0.1, 0.15) is 59.1 Å². The molecule has 0 heterocycles. The quantitative estimate of drug-likeness (QED) is 0.706. The van der Waals surface area contributed by atoms with Gasteiger partial charge < -0.3 is 10.2 Å². The van der Waals surface area contributed by atoms with Crippen LogP contribution in [0.5, 0.6) is 0 Å². The molecule has 2 nitrogen and oxygen atoms in total. The van der Waals surface area contributed by atoms with Gasteiger partial charge in [-0.05, 0) is 38.4 Å². The zero-order chi connectivity index (χ0) is 15.8. The fourth-order valence-corrected chi connectivity index (χ4v) is 2.89. The Labute approximate surface area is 129 Å². The molecule has 1 rings (SSSR count). The Morgan fingerprint density at radius 2 is 1.81 bits per heavy atom. The summed E-state index contributed by atoms with van der Waals surface area (Å²) in [6, 6.07) is 5.47. The maximum atomic E-state index is 14.4. The number of benzene rings is 1. The highest BCUT2D eigenvalue weighted by Crippen LogP contribution is 2.30. The van der Waals surface area contributed by atoms with Crippen molar-refractivity contribution in [1.82, 2.24) is 5.32 Å². The first-order valence-electron chi connectivity index (χ1n) is 8.35. The van der Waals surface area contributed by atoms with Gasteiger partial charge >= 0.3 is 0 Å². The number of hydrogen-bond acceptors (Lipinski definition) is 2. The van der Waals surface area contributed by atoms with Crippen LogP contribution in [-0.2, 0) is 0 Å². The lowest BCUT2D eigenvalue weighted by Gasteiger charge is -2.31. The SMILES string of the molecule is CCNC(C)c1c(F)cccc1N(CC)CC(CC)CC. The maximum absolute atomic E-state index is 14.4. The zero-order valence-corrected chi connectivity index (χ0v) is 14.2. The number of halogens is 1. The Hall–Kier alpha value is -1.09. The predicted molar refractivity (Wildman–Crippen MR) is 90.5 cm³/mol. The molecule has 1 aromatic carbocycles. The van der Waals surface area contributed by atoms with Gasteiger partial charge in [-0.25, -0.2) is 4.39 Å². The summed E-state index contributed by atoms with van der Waals surface area (Å²) in [6.45, 7) is 13.5. The molecule has 0 fully saturated rings. The molecule has 1 unspecified atom stereocenters. The summed E-state index contributed by atoms with van der Waals surface area (Å²) in [5.41, 5.74) is 1.84. The van der Waals surface area contributed by atoms with Gasteiger partial charge in [-0.3, -0.25) is 0 Å². The standard InChI is InChI=1S/C18H31FN2/c1-6-15(7-2)13-21(9-4)17-12-10-11-16(19)18(17)14(5)20-8-3/h10-12,14-15,20H,6-9,13H2,1-5H3. The molecule has 0 aliphatic heterocycles. The first-order valence-corrected chi connectivity index (χ1v) is 8.35. The average molecular weight is 294 g/mol. The van der Waals surface area contributed by atoms with Crippen molar-refractivity contribution in [2.45, 2.75) is 53.5 Å². The van der Waals surface area contributed by atoms with Gasteiger partial charge in [-0.1, -0.05) is 39.7 Å². The van der Waals surface area contributed by atoms with Gasteiger partial charge in [-0.15, -0.1) is 0 Å². The minimum Gasteiger partial charge on any atom is -0.371 e. The third kappa shape index (κ3) is 4.70. The van der Waals surface area contributed by atoms with Crippen molar-refractivity contribution < 1.29 is 4.39 Å². The number of rotatable bonds is 9. The molecule has 1 atom stereocenters. The fraction of sp³-hybridized carbons (Fsp3) is 0.667. The van der Waals surface area contributed by atoms with Gasteiger partial charge in [-0.2, -0.15) is 0 Å². The molecule has 0 radical (unpaired) electrons. The second-order valence-corrected chi connectivity index (χ2v) is 5.67. The minimum atomic E-state index is -0.107. The highest BCUT2D eigenvalue weighted by molar-refractivity contribution is 5.55. The summed E-state index contributed by atoms with van der Waals surface area (Å²) >= 11 is 0. The number of nitrogens with one attached hydrogen (secondary N) is 1. The Bertz CT molecular complexity index is 416. The Balaban J connectivity index is 3.11. The molecular formula is C18H31FN2. The minimum absolute atomic E-state index is 0.0296. The number of anilines is 1. The molecule has 0 aliphatic rings. The molecule has 0 spiro atoms. The molecule has 0 amide bonds. The van der Waals surface area contributed by atoms with E-state index in [9.17, 15) is 4.39 Å². The van der Waals surface area contributed by atoms with Crippen LogP contribution in [0.4, 0.5) is 10.1 Å². The highest BCUT2D eigenvalue weighted by atomic mass is 19.1. The van der Waals surface area contributed by atoms with Crippen LogP contribution in [-0.4, -0.2) is 19.6 Å². The molecule has 0 bridgehead atoms. The topological polar surface area (TPSA) is 15.3 Å². The van der Waals surface area contributed by atoms with Crippen LogP contribution in [0.2, 0.25) is 0 Å². The van der Waals surface area contributed by atoms with E-state index in [1.807, 2.05) is 13.0 Å². The molecule has 21 heavy (non-hydrogen) atoms. The van der Waals surface area contributed by atoms with Crippen molar-refractivity contribution in [3.8, 4) is 0 Å². The van der Waals surface area contributed by atoms with Gasteiger partial charge in [0, 0.05) is 30.4 Å². The zero-order valence-electron chi connectivity index (χ0n) is 14.2. The van der Waals surface area contributed by atoms with E-state index in [2.05, 4.69) is 44.0 Å². The summed E-state index contributed by atoms with van der Waals surface area (Å²) in [4.78, 5) is 2.32. The van der Waals surface area contributed by atoms with Crippen LogP contribution in [0, 0.1) is 11.7 Å². The lowest BCUT2D eigenvalue weighted by atomic mass is 10.00. The van der Waals surface area contributed by atoms with Gasteiger partial charge in [0.05, 0.1) is 0 Å². The Morgan fingerprint density at radius 1 is 1.14 bits per heavy atom. The summed E-state index contributed by atoms with van der Waals surface area (Å²) in [5, 5.41) is 3.34. The van der Waals surface area contributed by atoms with Crippen LogP contribution in [0.25, 0.3) is 0 Å². The van der Waals surface area contributed by atoms with E-state index in [1.165, 1.54) is 12.8 Å². The molecule has 0 saturated carbocycles. The summed E-state index contributed by atoms with van der Waals surface area (Å²) < 4.78 is 14.4. The van der Waals surface area contributed by atoms with E-state index in [-0.39, 0.29) is 11.9 Å². The number of nitrogens with zero attached hydrogens (tertiary/aromatic N) is 1. The van der Waals surface area contributed by atoms with Crippen molar-refractivity contribution >= 4 is 5.69 Å². The third-order valence-electron chi connectivity index (χ3n) is 4.33. The first-order chi connectivity index (χ1) is 10.1. The fourth-order valence-electron chi connectivity index (χ4n) is 2.89. The van der Waals surface area contributed by atoms with Crippen molar-refractivity contribution in [2.75, 3.05) is 24.5 Å². The van der Waals surface area contributed by atoms with Crippen LogP contribution < -0.4 is 10.2 Å². The van der Waals surface area contributed by atoms with Gasteiger partial charge in [0.1, 0.15) is 5.82 Å². The van der Waals surface area contributed by atoms with Crippen molar-refractivity contribution in [2.24, 2.45) is 5.92 Å². The van der Waals surface area contributed by atoms with Crippen LogP contribution >= 0.6 is 0 Å². The number of hydrogen-bond donors (Lipinski definition) is 1. The lowest BCUT2D eigenvalue weighted by Crippen LogP contribution is -2.31. The van der Waals surface area contributed by atoms with E-state index >= 15 is 0 Å². The molecule has 0 aromatic heterocycles. The molecular weight excluding hydrogens is 263 g/mol. The molecule has 0 saturated heterocycles. The third-order valence-corrected chi connectivity index (χ3v) is 4.33. The van der Waals surface area contributed by atoms with E-state index in [1.54, 1.807) is 6.07 Å². The van der Waals surface area contributed by atoms with E-state index in [0.717, 1.165) is 30.9 Å². The van der Waals surface area contributed by atoms with Crippen molar-refractivity contribution in [3.05, 3.63) is 29.6 Å². The van der Waals surface area contributed by atoms with Crippen LogP contribution in [0.3, 0.4) is 0 Å². The van der Waals surface area contributed by atoms with Crippen LogP contribution in [0.15, 0.2) is 18.2 Å². The second kappa shape index (κ2) is 9.04. The Kier molecular flexibility index (Phi) is 7.73. The van der Waals surface area contributed by atoms with Gasteiger partial charge in [0.25, 0.3) is 0 Å². The molecule has 1 aromatic rings. The van der Waals surface area contributed by atoms with Gasteiger partial charge in [0.2, 0.25) is 0 Å². The van der Waals surface area contributed by atoms with E-state index in [0.29, 0.717) is 5.92 Å². The molecule has 3 heteroatoms. The monoisotopic (exact) mass is 294 g/mol. The normalized spacial score (nSPS) is 12.7. The van der Waals surface area contributed by atoms with E-state index < -0.39 is 0 Å².